The summed E-state index contributed by atoms with van der Waals surface area (Å²) in [5, 5.41) is 18.1. The third-order valence-corrected chi connectivity index (χ3v) is 2.70. The van der Waals surface area contributed by atoms with Crippen molar-refractivity contribution in [3.63, 3.8) is 0 Å². The maximum absolute atomic E-state index is 11.3. The lowest BCUT2D eigenvalue weighted by atomic mass is 10.1. The summed E-state index contributed by atoms with van der Waals surface area (Å²) in [6.45, 7) is 3.45. The minimum atomic E-state index is -1.10. The lowest BCUT2D eigenvalue weighted by molar-refractivity contribution is 0.0692. The highest BCUT2D eigenvalue weighted by Gasteiger charge is 2.17. The van der Waals surface area contributed by atoms with Crippen LogP contribution < -0.4 is 4.74 Å². The van der Waals surface area contributed by atoms with E-state index in [4.69, 9.17) is 10.00 Å². The number of ether oxygens (including phenoxy) is 1. The molecule has 0 atom stereocenters. The van der Waals surface area contributed by atoms with Crippen molar-refractivity contribution in [3.8, 4) is 17.7 Å². The maximum atomic E-state index is 11.3. The molecule has 1 aromatic carbocycles. The van der Waals surface area contributed by atoms with Gasteiger partial charge < -0.3 is 9.84 Å². The number of nitrogens with zero attached hydrogens (tertiary/aromatic N) is 2. The van der Waals surface area contributed by atoms with Gasteiger partial charge in [0.15, 0.2) is 0 Å². The first-order valence-corrected chi connectivity index (χ1v) is 5.91. The van der Waals surface area contributed by atoms with Crippen LogP contribution in [0.2, 0.25) is 0 Å². The number of carbonyl (C=O) groups is 1. The Hall–Kier alpha value is -2.87. The minimum Gasteiger partial charge on any atom is -0.477 e. The Morgan fingerprint density at radius 3 is 2.75 bits per heavy atom. The van der Waals surface area contributed by atoms with Crippen molar-refractivity contribution in [1.82, 2.24) is 4.98 Å². The van der Waals surface area contributed by atoms with Crippen LogP contribution in [0.4, 0.5) is 0 Å². The Bertz CT molecular complexity index is 718. The van der Waals surface area contributed by atoms with Crippen LogP contribution in [0.3, 0.4) is 0 Å². The van der Waals surface area contributed by atoms with Gasteiger partial charge in [0.05, 0.1) is 11.6 Å². The van der Waals surface area contributed by atoms with Crippen molar-refractivity contribution in [1.29, 1.82) is 5.26 Å². The second-order valence-electron chi connectivity index (χ2n) is 4.31. The summed E-state index contributed by atoms with van der Waals surface area (Å²) in [7, 11) is 0. The van der Waals surface area contributed by atoms with Crippen LogP contribution in [0.15, 0.2) is 30.3 Å². The predicted molar refractivity (Wildman–Crippen MR) is 71.9 cm³/mol. The SMILES string of the molecule is Cc1cc(C)c(C(=O)O)c(Oc2cccc(C#N)c2)n1. The topological polar surface area (TPSA) is 83.2 Å². The zero-order valence-corrected chi connectivity index (χ0v) is 11.0. The minimum absolute atomic E-state index is 0.0259. The molecule has 100 valence electrons. The Labute approximate surface area is 116 Å². The third-order valence-electron chi connectivity index (χ3n) is 2.70. The molecule has 0 bridgehead atoms. The normalized spacial score (nSPS) is 9.85. The van der Waals surface area contributed by atoms with E-state index in [9.17, 15) is 9.90 Å². The number of hydrogen-bond donors (Lipinski definition) is 1. The van der Waals surface area contributed by atoms with E-state index in [-0.39, 0.29) is 11.4 Å². The fourth-order valence-electron chi connectivity index (χ4n) is 1.88. The number of benzene rings is 1. The number of nitriles is 1. The highest BCUT2D eigenvalue weighted by molar-refractivity contribution is 5.92. The van der Waals surface area contributed by atoms with E-state index in [0.29, 0.717) is 22.6 Å². The fourth-order valence-corrected chi connectivity index (χ4v) is 1.88. The van der Waals surface area contributed by atoms with E-state index < -0.39 is 5.97 Å². The molecule has 0 radical (unpaired) electrons. The molecule has 0 aliphatic rings. The van der Waals surface area contributed by atoms with Gasteiger partial charge in [-0.3, -0.25) is 0 Å². The van der Waals surface area contributed by atoms with Gasteiger partial charge >= 0.3 is 5.97 Å². The molecule has 0 fully saturated rings. The number of aromatic carboxylic acids is 1. The van der Waals surface area contributed by atoms with Crippen LogP contribution >= 0.6 is 0 Å². The average Bonchev–Trinajstić information content (AvgIpc) is 2.37. The second-order valence-corrected chi connectivity index (χ2v) is 4.31. The summed E-state index contributed by atoms with van der Waals surface area (Å²) < 4.78 is 5.53. The number of carboxylic acid groups (broad SMARTS) is 1. The van der Waals surface area contributed by atoms with Crippen LogP contribution in [0.5, 0.6) is 11.6 Å². The summed E-state index contributed by atoms with van der Waals surface area (Å²) >= 11 is 0. The maximum Gasteiger partial charge on any atom is 0.341 e. The molecule has 1 N–H and O–H groups in total. The van der Waals surface area contributed by atoms with Crippen LogP contribution in [-0.4, -0.2) is 16.1 Å². The van der Waals surface area contributed by atoms with Crippen molar-refractivity contribution in [2.24, 2.45) is 0 Å². The number of rotatable bonds is 3. The van der Waals surface area contributed by atoms with Crippen LogP contribution in [-0.2, 0) is 0 Å². The summed E-state index contributed by atoms with van der Waals surface area (Å²) in [5.41, 5.74) is 1.71. The smallest absolute Gasteiger partial charge is 0.341 e. The molecule has 1 aromatic heterocycles. The Morgan fingerprint density at radius 1 is 1.35 bits per heavy atom. The molecular weight excluding hydrogens is 256 g/mol. The van der Waals surface area contributed by atoms with Crippen LogP contribution in [0, 0.1) is 25.2 Å². The molecule has 0 saturated carbocycles. The van der Waals surface area contributed by atoms with Crippen molar-refractivity contribution < 1.29 is 14.6 Å². The summed E-state index contributed by atoms with van der Waals surface area (Å²) in [6.07, 6.45) is 0. The van der Waals surface area contributed by atoms with Gasteiger partial charge in [-0.05, 0) is 43.7 Å². The quantitative estimate of drug-likeness (QED) is 0.924. The molecule has 2 rings (SSSR count). The molecule has 0 spiro atoms. The Morgan fingerprint density at radius 2 is 2.10 bits per heavy atom. The molecule has 5 heteroatoms. The first-order chi connectivity index (χ1) is 9.51. The lowest BCUT2D eigenvalue weighted by Crippen LogP contribution is -2.06. The number of aryl methyl sites for hydroxylation is 2. The Kier molecular flexibility index (Phi) is 3.67. The van der Waals surface area contributed by atoms with Crippen molar-refractivity contribution in [2.45, 2.75) is 13.8 Å². The molecular formula is C15H12N2O3. The summed E-state index contributed by atoms with van der Waals surface area (Å²) in [6, 6.07) is 10.2. The number of carboxylic acids is 1. The van der Waals surface area contributed by atoms with Gasteiger partial charge in [-0.25, -0.2) is 9.78 Å². The molecule has 0 unspecified atom stereocenters. The van der Waals surface area contributed by atoms with Gasteiger partial charge in [0.25, 0.3) is 0 Å². The van der Waals surface area contributed by atoms with Gasteiger partial charge in [-0.1, -0.05) is 6.07 Å². The second kappa shape index (κ2) is 5.41. The van der Waals surface area contributed by atoms with Gasteiger partial charge in [-0.2, -0.15) is 5.26 Å². The number of hydrogen-bond acceptors (Lipinski definition) is 4. The lowest BCUT2D eigenvalue weighted by Gasteiger charge is -2.11. The molecule has 0 saturated heterocycles. The molecule has 0 aliphatic heterocycles. The van der Waals surface area contributed by atoms with Crippen molar-refractivity contribution in [3.05, 3.63) is 52.7 Å². The van der Waals surface area contributed by atoms with Crippen molar-refractivity contribution in [2.75, 3.05) is 0 Å². The van der Waals surface area contributed by atoms with E-state index in [0.717, 1.165) is 0 Å². The predicted octanol–water partition coefficient (Wildman–Crippen LogP) is 3.06. The van der Waals surface area contributed by atoms with Gasteiger partial charge in [0.1, 0.15) is 11.3 Å². The molecule has 2 aromatic rings. The Balaban J connectivity index is 2.47. The van der Waals surface area contributed by atoms with Gasteiger partial charge in [0.2, 0.25) is 5.88 Å². The largest absolute Gasteiger partial charge is 0.477 e. The van der Waals surface area contributed by atoms with Gasteiger partial charge in [-0.15, -0.1) is 0 Å². The van der Waals surface area contributed by atoms with Crippen LogP contribution in [0.1, 0.15) is 27.2 Å². The highest BCUT2D eigenvalue weighted by atomic mass is 16.5. The third kappa shape index (κ3) is 2.75. The van der Waals surface area contributed by atoms with Gasteiger partial charge in [0, 0.05) is 5.69 Å². The monoisotopic (exact) mass is 268 g/mol. The number of aromatic nitrogens is 1. The average molecular weight is 268 g/mol. The van der Waals surface area contributed by atoms with Crippen LogP contribution in [0.25, 0.3) is 0 Å². The van der Waals surface area contributed by atoms with E-state index in [1.807, 2.05) is 6.07 Å². The number of pyridine rings is 1. The molecule has 1 heterocycles. The first kappa shape index (κ1) is 13.6. The molecule has 0 aliphatic carbocycles. The zero-order chi connectivity index (χ0) is 14.7. The van der Waals surface area contributed by atoms with E-state index in [1.165, 1.54) is 6.07 Å². The highest BCUT2D eigenvalue weighted by Crippen LogP contribution is 2.26. The first-order valence-electron chi connectivity index (χ1n) is 5.91. The molecule has 20 heavy (non-hydrogen) atoms. The van der Waals surface area contributed by atoms with Crippen molar-refractivity contribution >= 4 is 5.97 Å². The summed E-state index contributed by atoms with van der Waals surface area (Å²) in [4.78, 5) is 15.4. The zero-order valence-electron chi connectivity index (χ0n) is 11.0. The van der Waals surface area contributed by atoms with E-state index >= 15 is 0 Å². The fraction of sp³-hybridized carbons (Fsp3) is 0.133. The van der Waals surface area contributed by atoms with E-state index in [2.05, 4.69) is 4.98 Å². The van der Waals surface area contributed by atoms with E-state index in [1.54, 1.807) is 38.1 Å². The standard InChI is InChI=1S/C15H12N2O3/c1-9-6-10(2)17-14(13(9)15(18)19)20-12-5-3-4-11(7-12)8-16/h3-7H,1-2H3,(H,18,19). The molecule has 0 amide bonds. The molecule has 5 nitrogen and oxygen atoms in total. The summed E-state index contributed by atoms with van der Waals surface area (Å²) in [5.74, 6) is -0.685.